The molecule has 2 nitrogen and oxygen atoms in total. The Balaban J connectivity index is 1.95. The number of hydrogen-bond donors (Lipinski definition) is 1. The van der Waals surface area contributed by atoms with E-state index in [1.54, 1.807) is 12.1 Å². The molecule has 1 N–H and O–H groups in total. The Morgan fingerprint density at radius 3 is 2.38 bits per heavy atom. The summed E-state index contributed by atoms with van der Waals surface area (Å²) in [5.41, 5.74) is 4.44. The van der Waals surface area contributed by atoms with Gasteiger partial charge in [0.05, 0.1) is 0 Å². The van der Waals surface area contributed by atoms with E-state index in [0.29, 0.717) is 0 Å². The van der Waals surface area contributed by atoms with Crippen molar-refractivity contribution in [3.05, 3.63) is 65.0 Å². The smallest absolute Gasteiger partial charge is 0.130 e. The molecule has 2 aromatic rings. The van der Waals surface area contributed by atoms with Crippen molar-refractivity contribution in [1.29, 1.82) is 0 Å². The summed E-state index contributed by atoms with van der Waals surface area (Å²) in [7, 11) is 0. The molecule has 0 spiro atoms. The summed E-state index contributed by atoms with van der Waals surface area (Å²) in [6.45, 7) is 6.60. The summed E-state index contributed by atoms with van der Waals surface area (Å²) in [6, 6.07) is 13.8. The maximum Gasteiger partial charge on any atom is 0.130 e. The largest absolute Gasteiger partial charge is 0.362 e. The van der Waals surface area contributed by atoms with E-state index in [-0.39, 0.29) is 11.9 Å². The van der Waals surface area contributed by atoms with Gasteiger partial charge >= 0.3 is 0 Å². The minimum atomic E-state index is -0.128. The minimum Gasteiger partial charge on any atom is -0.362 e. The Hall–Kier alpha value is -1.87. The standard InChI is InChI=1S/C18H21FN2/c1-3-20-13(2)18-16(19)9-6-10-17(18)21-11-14-7-4-5-8-15(14)12-21/h4-10,13,20H,3,11-12H2,1-2H3. The van der Waals surface area contributed by atoms with Gasteiger partial charge in [0.25, 0.3) is 0 Å². The quantitative estimate of drug-likeness (QED) is 0.912. The zero-order chi connectivity index (χ0) is 14.8. The van der Waals surface area contributed by atoms with Gasteiger partial charge in [0.15, 0.2) is 0 Å². The molecule has 0 fully saturated rings. The van der Waals surface area contributed by atoms with E-state index < -0.39 is 0 Å². The van der Waals surface area contributed by atoms with E-state index in [1.165, 1.54) is 11.1 Å². The lowest BCUT2D eigenvalue weighted by Crippen LogP contribution is -2.24. The van der Waals surface area contributed by atoms with Crippen molar-refractivity contribution in [2.24, 2.45) is 0 Å². The monoisotopic (exact) mass is 284 g/mol. The fourth-order valence-electron chi connectivity index (χ4n) is 3.14. The summed E-state index contributed by atoms with van der Waals surface area (Å²) >= 11 is 0. The average Bonchev–Trinajstić information content (AvgIpc) is 2.91. The van der Waals surface area contributed by atoms with Crippen LogP contribution in [0.4, 0.5) is 10.1 Å². The third kappa shape index (κ3) is 2.66. The van der Waals surface area contributed by atoms with Crippen LogP contribution in [0, 0.1) is 5.82 Å². The molecular formula is C18H21FN2. The van der Waals surface area contributed by atoms with Crippen molar-refractivity contribution in [3.8, 4) is 0 Å². The van der Waals surface area contributed by atoms with Crippen molar-refractivity contribution in [3.63, 3.8) is 0 Å². The second-order valence-electron chi connectivity index (χ2n) is 5.58. The zero-order valence-corrected chi connectivity index (χ0v) is 12.6. The van der Waals surface area contributed by atoms with Crippen LogP contribution in [0.25, 0.3) is 0 Å². The first kappa shape index (κ1) is 14.1. The Kier molecular flexibility index (Phi) is 3.93. The van der Waals surface area contributed by atoms with Crippen molar-refractivity contribution in [1.82, 2.24) is 5.32 Å². The molecular weight excluding hydrogens is 263 g/mol. The first-order chi connectivity index (χ1) is 10.2. The molecule has 1 aliphatic rings. The summed E-state index contributed by atoms with van der Waals surface area (Å²) < 4.78 is 14.3. The third-order valence-electron chi connectivity index (χ3n) is 4.15. The Bertz CT molecular complexity index is 614. The highest BCUT2D eigenvalue weighted by atomic mass is 19.1. The van der Waals surface area contributed by atoms with Gasteiger partial charge in [0, 0.05) is 30.4 Å². The number of halogens is 1. The normalized spacial score (nSPS) is 15.1. The Labute approximate surface area is 125 Å². The van der Waals surface area contributed by atoms with Crippen LogP contribution in [0.15, 0.2) is 42.5 Å². The minimum absolute atomic E-state index is 0.00918. The van der Waals surface area contributed by atoms with Crippen molar-refractivity contribution in [2.45, 2.75) is 33.0 Å². The maximum absolute atomic E-state index is 14.3. The van der Waals surface area contributed by atoms with Gasteiger partial charge in [0.2, 0.25) is 0 Å². The Morgan fingerprint density at radius 2 is 1.76 bits per heavy atom. The van der Waals surface area contributed by atoms with E-state index in [0.717, 1.165) is 30.9 Å². The highest BCUT2D eigenvalue weighted by Crippen LogP contribution is 2.34. The van der Waals surface area contributed by atoms with Gasteiger partial charge in [-0.25, -0.2) is 4.39 Å². The molecule has 0 radical (unpaired) electrons. The fraction of sp³-hybridized carbons (Fsp3) is 0.333. The molecule has 0 aliphatic carbocycles. The van der Waals surface area contributed by atoms with Crippen LogP contribution in [0.1, 0.15) is 36.6 Å². The van der Waals surface area contributed by atoms with Gasteiger partial charge in [-0.1, -0.05) is 37.3 Å². The number of fused-ring (bicyclic) bond motifs is 1. The third-order valence-corrected chi connectivity index (χ3v) is 4.15. The Morgan fingerprint density at radius 1 is 1.10 bits per heavy atom. The van der Waals surface area contributed by atoms with Gasteiger partial charge in [-0.05, 0) is 36.7 Å². The summed E-state index contributed by atoms with van der Waals surface area (Å²) in [6.07, 6.45) is 0. The number of benzene rings is 2. The van der Waals surface area contributed by atoms with E-state index in [1.807, 2.05) is 19.9 Å². The lowest BCUT2D eigenvalue weighted by Gasteiger charge is -2.25. The van der Waals surface area contributed by atoms with Crippen molar-refractivity contribution >= 4 is 5.69 Å². The number of anilines is 1. The van der Waals surface area contributed by atoms with Crippen molar-refractivity contribution < 1.29 is 4.39 Å². The molecule has 0 saturated carbocycles. The van der Waals surface area contributed by atoms with Crippen LogP contribution in [-0.4, -0.2) is 6.54 Å². The second-order valence-corrected chi connectivity index (χ2v) is 5.58. The lowest BCUT2D eigenvalue weighted by molar-refractivity contribution is 0.539. The number of nitrogens with one attached hydrogen (secondary N) is 1. The molecule has 110 valence electrons. The molecule has 1 aliphatic heterocycles. The molecule has 0 bridgehead atoms. The second kappa shape index (κ2) is 5.86. The summed E-state index contributed by atoms with van der Waals surface area (Å²) in [4.78, 5) is 2.26. The first-order valence-electron chi connectivity index (χ1n) is 7.54. The lowest BCUT2D eigenvalue weighted by atomic mass is 10.0. The average molecular weight is 284 g/mol. The van der Waals surface area contributed by atoms with Crippen molar-refractivity contribution in [2.75, 3.05) is 11.4 Å². The molecule has 0 saturated heterocycles. The molecule has 1 atom stereocenters. The SMILES string of the molecule is CCNC(C)c1c(F)cccc1N1Cc2ccccc2C1. The van der Waals surface area contributed by atoms with E-state index >= 15 is 0 Å². The zero-order valence-electron chi connectivity index (χ0n) is 12.6. The van der Waals surface area contributed by atoms with Gasteiger partial charge in [-0.3, -0.25) is 0 Å². The summed E-state index contributed by atoms with van der Waals surface area (Å²) in [5, 5.41) is 3.32. The van der Waals surface area contributed by atoms with Crippen LogP contribution < -0.4 is 10.2 Å². The van der Waals surface area contributed by atoms with Crippen LogP contribution in [-0.2, 0) is 13.1 Å². The van der Waals surface area contributed by atoms with Gasteiger partial charge in [-0.15, -0.1) is 0 Å². The number of nitrogens with zero attached hydrogens (tertiary/aromatic N) is 1. The highest BCUT2D eigenvalue weighted by Gasteiger charge is 2.24. The van der Waals surface area contributed by atoms with Gasteiger partial charge < -0.3 is 10.2 Å². The molecule has 0 amide bonds. The van der Waals surface area contributed by atoms with E-state index in [9.17, 15) is 4.39 Å². The van der Waals surface area contributed by atoms with Crippen LogP contribution in [0.2, 0.25) is 0 Å². The predicted molar refractivity (Wildman–Crippen MR) is 84.8 cm³/mol. The van der Waals surface area contributed by atoms with Crippen LogP contribution in [0.5, 0.6) is 0 Å². The topological polar surface area (TPSA) is 15.3 Å². The molecule has 3 heteroatoms. The fourth-order valence-corrected chi connectivity index (χ4v) is 3.14. The maximum atomic E-state index is 14.3. The summed E-state index contributed by atoms with van der Waals surface area (Å²) in [5.74, 6) is -0.128. The van der Waals surface area contributed by atoms with Gasteiger partial charge in [-0.2, -0.15) is 0 Å². The number of rotatable bonds is 4. The number of hydrogen-bond acceptors (Lipinski definition) is 2. The van der Waals surface area contributed by atoms with Gasteiger partial charge in [0.1, 0.15) is 5.82 Å². The molecule has 1 heterocycles. The molecule has 0 aromatic heterocycles. The molecule has 21 heavy (non-hydrogen) atoms. The van der Waals surface area contributed by atoms with E-state index in [2.05, 4.69) is 34.5 Å². The first-order valence-corrected chi connectivity index (χ1v) is 7.54. The van der Waals surface area contributed by atoms with Crippen LogP contribution in [0.3, 0.4) is 0 Å². The predicted octanol–water partition coefficient (Wildman–Crippen LogP) is 4.02. The van der Waals surface area contributed by atoms with E-state index in [4.69, 9.17) is 0 Å². The molecule has 2 aromatic carbocycles. The highest BCUT2D eigenvalue weighted by molar-refractivity contribution is 5.58. The van der Waals surface area contributed by atoms with Crippen LogP contribution >= 0.6 is 0 Å². The molecule has 3 rings (SSSR count). The molecule has 1 unspecified atom stereocenters.